The average Bonchev–Trinajstić information content (AvgIpc) is 2.91. The Kier molecular flexibility index (Phi) is 4.76. The third kappa shape index (κ3) is 4.13. The molecule has 7 heteroatoms. The molecular formula is C14H16N2O3S2. The maximum absolute atomic E-state index is 12.1. The van der Waals surface area contributed by atoms with Gasteiger partial charge in [0, 0.05) is 17.0 Å². The first kappa shape index (κ1) is 15.7. The van der Waals surface area contributed by atoms with Crippen LogP contribution in [0.2, 0.25) is 0 Å². The number of primary sulfonamides is 1. The molecule has 1 amide bonds. The minimum Gasteiger partial charge on any atom is -0.352 e. The van der Waals surface area contributed by atoms with Gasteiger partial charge in [-0.15, -0.1) is 11.3 Å². The van der Waals surface area contributed by atoms with E-state index in [0.29, 0.717) is 17.7 Å². The summed E-state index contributed by atoms with van der Waals surface area (Å²) >= 11 is 1.63. The average molecular weight is 324 g/mol. The van der Waals surface area contributed by atoms with Crippen molar-refractivity contribution in [3.05, 3.63) is 51.7 Å². The summed E-state index contributed by atoms with van der Waals surface area (Å²) in [4.78, 5) is 13.3. The molecule has 1 aromatic carbocycles. The van der Waals surface area contributed by atoms with Crippen LogP contribution < -0.4 is 10.5 Å². The van der Waals surface area contributed by atoms with Crippen molar-refractivity contribution in [2.24, 2.45) is 5.14 Å². The van der Waals surface area contributed by atoms with Crippen molar-refractivity contribution in [1.29, 1.82) is 0 Å². The number of benzene rings is 1. The molecule has 0 aliphatic carbocycles. The number of carbonyl (C=O) groups excluding carboxylic acids is 1. The highest BCUT2D eigenvalue weighted by Gasteiger charge is 2.14. The van der Waals surface area contributed by atoms with E-state index < -0.39 is 10.0 Å². The van der Waals surface area contributed by atoms with Crippen LogP contribution in [0.15, 0.2) is 40.6 Å². The lowest BCUT2D eigenvalue weighted by Gasteiger charge is -2.09. The second-order valence-corrected chi connectivity index (χ2v) is 7.20. The maximum Gasteiger partial charge on any atom is 0.251 e. The van der Waals surface area contributed by atoms with Crippen LogP contribution in [0.4, 0.5) is 0 Å². The van der Waals surface area contributed by atoms with Gasteiger partial charge in [0.15, 0.2) is 0 Å². The van der Waals surface area contributed by atoms with E-state index in [-0.39, 0.29) is 10.8 Å². The molecule has 0 spiro atoms. The Morgan fingerprint density at radius 2 is 2.10 bits per heavy atom. The Hall–Kier alpha value is -1.70. The Labute approximate surface area is 127 Å². The lowest BCUT2D eigenvalue weighted by molar-refractivity contribution is 0.0953. The summed E-state index contributed by atoms with van der Waals surface area (Å²) in [6, 6.07) is 8.25. The third-order valence-corrected chi connectivity index (χ3v) is 4.87. The minimum atomic E-state index is -3.81. The molecule has 0 aliphatic heterocycles. The first-order chi connectivity index (χ1) is 9.88. The summed E-state index contributed by atoms with van der Waals surface area (Å²) in [5.41, 5.74) is 1.03. The molecular weight excluding hydrogens is 308 g/mol. The second-order valence-electron chi connectivity index (χ2n) is 4.61. The van der Waals surface area contributed by atoms with Crippen molar-refractivity contribution in [3.8, 4) is 0 Å². The molecule has 3 N–H and O–H groups in total. The van der Waals surface area contributed by atoms with E-state index in [2.05, 4.69) is 5.32 Å². The number of amides is 1. The zero-order valence-corrected chi connectivity index (χ0v) is 13.1. The van der Waals surface area contributed by atoms with E-state index in [4.69, 9.17) is 5.14 Å². The molecule has 1 heterocycles. The van der Waals surface area contributed by atoms with Gasteiger partial charge in [0.2, 0.25) is 10.0 Å². The monoisotopic (exact) mass is 324 g/mol. The Morgan fingerprint density at radius 3 is 2.71 bits per heavy atom. The first-order valence-electron chi connectivity index (χ1n) is 6.32. The highest BCUT2D eigenvalue weighted by molar-refractivity contribution is 7.89. The Balaban J connectivity index is 2.08. The van der Waals surface area contributed by atoms with E-state index >= 15 is 0 Å². The lowest BCUT2D eigenvalue weighted by atomic mass is 10.1. The topological polar surface area (TPSA) is 89.3 Å². The van der Waals surface area contributed by atoms with Crippen LogP contribution in [0.5, 0.6) is 0 Å². The molecule has 2 aromatic rings. The van der Waals surface area contributed by atoms with Gasteiger partial charge >= 0.3 is 0 Å². The van der Waals surface area contributed by atoms with Gasteiger partial charge in [-0.25, -0.2) is 13.6 Å². The fourth-order valence-electron chi connectivity index (χ4n) is 1.87. The molecule has 0 fully saturated rings. The van der Waals surface area contributed by atoms with Crippen LogP contribution in [-0.4, -0.2) is 20.9 Å². The molecule has 0 aliphatic rings. The fraction of sp³-hybridized carbons (Fsp3) is 0.214. The lowest BCUT2D eigenvalue weighted by Crippen LogP contribution is -2.26. The quantitative estimate of drug-likeness (QED) is 0.877. The first-order valence-corrected chi connectivity index (χ1v) is 8.74. The number of hydrogen-bond donors (Lipinski definition) is 2. The fourth-order valence-corrected chi connectivity index (χ4v) is 3.12. The summed E-state index contributed by atoms with van der Waals surface area (Å²) in [7, 11) is -3.81. The van der Waals surface area contributed by atoms with Crippen molar-refractivity contribution in [2.75, 3.05) is 6.54 Å². The molecule has 2 rings (SSSR count). The number of aryl methyl sites for hydroxylation is 1. The summed E-state index contributed by atoms with van der Waals surface area (Å²) in [5, 5.41) is 9.85. The number of rotatable bonds is 5. The summed E-state index contributed by atoms with van der Waals surface area (Å²) in [6.45, 7) is 2.25. The van der Waals surface area contributed by atoms with Crippen LogP contribution in [0.25, 0.3) is 0 Å². The zero-order chi connectivity index (χ0) is 15.5. The number of sulfonamides is 1. The standard InChI is InChI=1S/C14H16N2O3S2/c1-10-4-5-12(21(15,18)19)9-13(10)14(17)16-7-6-11-3-2-8-20-11/h2-5,8-9H,6-7H2,1H3,(H,16,17)(H2,15,18,19). The molecule has 0 radical (unpaired) electrons. The van der Waals surface area contributed by atoms with E-state index in [1.54, 1.807) is 24.3 Å². The predicted octanol–water partition coefficient (Wildman–Crippen LogP) is 1.68. The molecule has 0 saturated heterocycles. The van der Waals surface area contributed by atoms with Gasteiger partial charge in [0.05, 0.1) is 4.90 Å². The molecule has 5 nitrogen and oxygen atoms in total. The van der Waals surface area contributed by atoms with Crippen molar-refractivity contribution >= 4 is 27.3 Å². The van der Waals surface area contributed by atoms with Crippen LogP contribution >= 0.6 is 11.3 Å². The van der Waals surface area contributed by atoms with Crippen LogP contribution in [-0.2, 0) is 16.4 Å². The summed E-state index contributed by atoms with van der Waals surface area (Å²) in [6.07, 6.45) is 0.747. The largest absolute Gasteiger partial charge is 0.352 e. The number of hydrogen-bond acceptors (Lipinski definition) is 4. The van der Waals surface area contributed by atoms with Crippen molar-refractivity contribution in [1.82, 2.24) is 5.32 Å². The molecule has 0 bridgehead atoms. The van der Waals surface area contributed by atoms with Crippen molar-refractivity contribution < 1.29 is 13.2 Å². The van der Waals surface area contributed by atoms with Gasteiger partial charge in [-0.1, -0.05) is 12.1 Å². The van der Waals surface area contributed by atoms with Crippen LogP contribution in [0.1, 0.15) is 20.8 Å². The van der Waals surface area contributed by atoms with E-state index in [1.165, 1.54) is 17.0 Å². The van der Waals surface area contributed by atoms with Gasteiger partial charge < -0.3 is 5.32 Å². The maximum atomic E-state index is 12.1. The van der Waals surface area contributed by atoms with Crippen molar-refractivity contribution in [3.63, 3.8) is 0 Å². The van der Waals surface area contributed by atoms with E-state index in [9.17, 15) is 13.2 Å². The van der Waals surface area contributed by atoms with Gasteiger partial charge in [0.25, 0.3) is 5.91 Å². The SMILES string of the molecule is Cc1ccc(S(N)(=O)=O)cc1C(=O)NCCc1cccs1. The van der Waals surface area contributed by atoms with Crippen LogP contribution in [0.3, 0.4) is 0 Å². The minimum absolute atomic E-state index is 0.0588. The van der Waals surface area contributed by atoms with Gasteiger partial charge in [-0.2, -0.15) is 0 Å². The van der Waals surface area contributed by atoms with Crippen LogP contribution in [0, 0.1) is 6.92 Å². The molecule has 0 saturated carbocycles. The normalized spacial score (nSPS) is 11.3. The van der Waals surface area contributed by atoms with E-state index in [0.717, 1.165) is 6.42 Å². The Morgan fingerprint density at radius 1 is 1.33 bits per heavy atom. The highest BCUT2D eigenvalue weighted by Crippen LogP contribution is 2.14. The smallest absolute Gasteiger partial charge is 0.251 e. The second kappa shape index (κ2) is 6.38. The van der Waals surface area contributed by atoms with Gasteiger partial charge in [-0.05, 0) is 42.5 Å². The van der Waals surface area contributed by atoms with Gasteiger partial charge in [0.1, 0.15) is 0 Å². The number of thiophene rings is 1. The third-order valence-electron chi connectivity index (χ3n) is 3.02. The van der Waals surface area contributed by atoms with Crippen molar-refractivity contribution in [2.45, 2.75) is 18.2 Å². The number of carbonyl (C=O) groups is 1. The highest BCUT2D eigenvalue weighted by atomic mass is 32.2. The Bertz CT molecular complexity index is 738. The van der Waals surface area contributed by atoms with Gasteiger partial charge in [-0.3, -0.25) is 4.79 Å². The molecule has 0 unspecified atom stereocenters. The predicted molar refractivity (Wildman–Crippen MR) is 82.9 cm³/mol. The molecule has 1 aromatic heterocycles. The summed E-state index contributed by atoms with van der Waals surface area (Å²) < 4.78 is 22.7. The number of nitrogens with two attached hydrogens (primary N) is 1. The van der Waals surface area contributed by atoms with E-state index in [1.807, 2.05) is 17.5 Å². The number of nitrogens with one attached hydrogen (secondary N) is 1. The zero-order valence-electron chi connectivity index (χ0n) is 11.5. The molecule has 0 atom stereocenters. The molecule has 112 valence electrons. The summed E-state index contributed by atoms with van der Waals surface area (Å²) in [5.74, 6) is -0.297. The molecule has 21 heavy (non-hydrogen) atoms.